The molecule has 3 rings (SSSR count). The van der Waals surface area contributed by atoms with Gasteiger partial charge in [-0.2, -0.15) is 0 Å². The van der Waals surface area contributed by atoms with E-state index in [9.17, 15) is 0 Å². The zero-order valence-corrected chi connectivity index (χ0v) is 11.9. The Morgan fingerprint density at radius 3 is 2.89 bits per heavy atom. The maximum Gasteiger partial charge on any atom is 0.145 e. The second-order valence-corrected chi connectivity index (χ2v) is 5.77. The number of halogens is 1. The third kappa shape index (κ3) is 2.69. The van der Waals surface area contributed by atoms with Crippen LogP contribution < -0.4 is 4.74 Å². The Morgan fingerprint density at radius 1 is 1.32 bits per heavy atom. The Kier molecular flexibility index (Phi) is 3.61. The molecule has 0 spiro atoms. The molecule has 1 aromatic carbocycles. The van der Waals surface area contributed by atoms with E-state index in [1.54, 1.807) is 0 Å². The van der Waals surface area contributed by atoms with Gasteiger partial charge in [0, 0.05) is 11.1 Å². The van der Waals surface area contributed by atoms with Gasteiger partial charge in [-0.15, -0.1) is 0 Å². The summed E-state index contributed by atoms with van der Waals surface area (Å²) in [6.07, 6.45) is 5.26. The van der Waals surface area contributed by atoms with Crippen LogP contribution in [0.4, 0.5) is 0 Å². The SMILES string of the molecule is Cc1cc(Cl)c2cccc(OCC3CCCC3)c2n1. The Hall–Kier alpha value is -1.28. The van der Waals surface area contributed by atoms with Crippen molar-refractivity contribution in [1.82, 2.24) is 4.98 Å². The van der Waals surface area contributed by atoms with Gasteiger partial charge in [0.15, 0.2) is 0 Å². The molecule has 3 heteroatoms. The number of nitrogens with zero attached hydrogens (tertiary/aromatic N) is 1. The topological polar surface area (TPSA) is 22.1 Å². The standard InChI is InChI=1S/C16H18ClNO/c1-11-9-14(17)13-7-4-8-15(16(13)18-11)19-10-12-5-2-3-6-12/h4,7-9,12H,2-3,5-6,10H2,1H3. The Balaban J connectivity index is 1.89. The molecule has 0 unspecified atom stereocenters. The first-order valence-corrected chi connectivity index (χ1v) is 7.30. The van der Waals surface area contributed by atoms with Crippen LogP contribution in [0, 0.1) is 12.8 Å². The maximum absolute atomic E-state index is 6.27. The van der Waals surface area contributed by atoms with Crippen LogP contribution in [0.3, 0.4) is 0 Å². The summed E-state index contributed by atoms with van der Waals surface area (Å²) in [5.74, 6) is 1.56. The quantitative estimate of drug-likeness (QED) is 0.805. The van der Waals surface area contributed by atoms with Crippen LogP contribution in [0.25, 0.3) is 10.9 Å². The number of pyridine rings is 1. The van der Waals surface area contributed by atoms with Crippen molar-refractivity contribution in [3.05, 3.63) is 35.0 Å². The summed E-state index contributed by atoms with van der Waals surface area (Å²) >= 11 is 6.27. The van der Waals surface area contributed by atoms with Crippen molar-refractivity contribution in [3.63, 3.8) is 0 Å². The summed E-state index contributed by atoms with van der Waals surface area (Å²) in [7, 11) is 0. The summed E-state index contributed by atoms with van der Waals surface area (Å²) in [4.78, 5) is 4.57. The van der Waals surface area contributed by atoms with Crippen molar-refractivity contribution in [3.8, 4) is 5.75 Å². The molecule has 1 aliphatic rings. The Bertz CT molecular complexity index is 591. The van der Waals surface area contributed by atoms with Gasteiger partial charge in [-0.25, -0.2) is 4.98 Å². The zero-order valence-electron chi connectivity index (χ0n) is 11.2. The zero-order chi connectivity index (χ0) is 13.2. The van der Waals surface area contributed by atoms with E-state index >= 15 is 0 Å². The smallest absolute Gasteiger partial charge is 0.145 e. The molecule has 2 aromatic rings. The molecule has 0 N–H and O–H groups in total. The predicted octanol–water partition coefficient (Wildman–Crippen LogP) is 4.77. The molecular weight excluding hydrogens is 258 g/mol. The average Bonchev–Trinajstić information content (AvgIpc) is 2.89. The van der Waals surface area contributed by atoms with Crippen molar-refractivity contribution in [2.45, 2.75) is 32.6 Å². The van der Waals surface area contributed by atoms with Gasteiger partial charge < -0.3 is 4.74 Å². The lowest BCUT2D eigenvalue weighted by Crippen LogP contribution is -2.08. The molecule has 0 bridgehead atoms. The summed E-state index contributed by atoms with van der Waals surface area (Å²) in [5, 5.41) is 1.71. The minimum atomic E-state index is 0.704. The number of rotatable bonds is 3. The molecule has 1 aliphatic carbocycles. The largest absolute Gasteiger partial charge is 0.491 e. The fraction of sp³-hybridized carbons (Fsp3) is 0.438. The van der Waals surface area contributed by atoms with Gasteiger partial charge >= 0.3 is 0 Å². The van der Waals surface area contributed by atoms with Crippen LogP contribution in [0.1, 0.15) is 31.4 Å². The third-order valence-corrected chi connectivity index (χ3v) is 4.14. The number of hydrogen-bond donors (Lipinski definition) is 0. The van der Waals surface area contributed by atoms with Crippen molar-refractivity contribution < 1.29 is 4.74 Å². The van der Waals surface area contributed by atoms with Gasteiger partial charge in [-0.1, -0.05) is 36.6 Å². The molecule has 1 saturated carbocycles. The molecule has 0 amide bonds. The predicted molar refractivity (Wildman–Crippen MR) is 78.9 cm³/mol. The highest BCUT2D eigenvalue weighted by Gasteiger charge is 2.16. The summed E-state index contributed by atoms with van der Waals surface area (Å²) in [5.41, 5.74) is 1.81. The monoisotopic (exact) mass is 275 g/mol. The van der Waals surface area contributed by atoms with Crippen molar-refractivity contribution in [1.29, 1.82) is 0 Å². The van der Waals surface area contributed by atoms with E-state index in [0.717, 1.165) is 34.0 Å². The lowest BCUT2D eigenvalue weighted by Gasteiger charge is -2.13. The van der Waals surface area contributed by atoms with Crippen LogP contribution >= 0.6 is 11.6 Å². The van der Waals surface area contributed by atoms with E-state index in [0.29, 0.717) is 5.92 Å². The van der Waals surface area contributed by atoms with Crippen molar-refractivity contribution in [2.24, 2.45) is 5.92 Å². The normalized spacial score (nSPS) is 16.1. The number of benzene rings is 1. The van der Waals surface area contributed by atoms with E-state index in [2.05, 4.69) is 4.98 Å². The van der Waals surface area contributed by atoms with E-state index in [1.165, 1.54) is 25.7 Å². The van der Waals surface area contributed by atoms with E-state index < -0.39 is 0 Å². The Morgan fingerprint density at radius 2 is 2.11 bits per heavy atom. The molecule has 19 heavy (non-hydrogen) atoms. The summed E-state index contributed by atoms with van der Waals surface area (Å²) in [6.45, 7) is 2.76. The fourth-order valence-corrected chi connectivity index (χ4v) is 3.11. The van der Waals surface area contributed by atoms with Crippen LogP contribution in [-0.2, 0) is 0 Å². The minimum Gasteiger partial charge on any atom is -0.491 e. The van der Waals surface area contributed by atoms with Gasteiger partial charge in [0.1, 0.15) is 11.3 Å². The number of para-hydroxylation sites is 1. The number of aromatic nitrogens is 1. The molecule has 0 atom stereocenters. The molecular formula is C16H18ClNO. The number of fused-ring (bicyclic) bond motifs is 1. The molecule has 2 nitrogen and oxygen atoms in total. The summed E-state index contributed by atoms with van der Waals surface area (Å²) in [6, 6.07) is 7.85. The highest BCUT2D eigenvalue weighted by atomic mass is 35.5. The van der Waals surface area contributed by atoms with Gasteiger partial charge in [0.25, 0.3) is 0 Å². The lowest BCUT2D eigenvalue weighted by molar-refractivity contribution is 0.254. The second kappa shape index (κ2) is 5.38. The van der Waals surface area contributed by atoms with Gasteiger partial charge in [0.2, 0.25) is 0 Å². The number of aryl methyl sites for hydroxylation is 1. The number of ether oxygens (including phenoxy) is 1. The molecule has 0 aliphatic heterocycles. The van der Waals surface area contributed by atoms with Crippen molar-refractivity contribution >= 4 is 22.5 Å². The second-order valence-electron chi connectivity index (χ2n) is 5.36. The first kappa shape index (κ1) is 12.7. The molecule has 1 aromatic heterocycles. The fourth-order valence-electron chi connectivity index (χ4n) is 2.80. The highest BCUT2D eigenvalue weighted by Crippen LogP contribution is 2.31. The third-order valence-electron chi connectivity index (χ3n) is 3.83. The van der Waals surface area contributed by atoms with Gasteiger partial charge in [-0.05, 0) is 37.8 Å². The summed E-state index contributed by atoms with van der Waals surface area (Å²) < 4.78 is 5.99. The molecule has 1 fully saturated rings. The molecule has 0 radical (unpaired) electrons. The van der Waals surface area contributed by atoms with E-state index in [4.69, 9.17) is 16.3 Å². The van der Waals surface area contributed by atoms with E-state index in [1.807, 2.05) is 31.2 Å². The minimum absolute atomic E-state index is 0.704. The van der Waals surface area contributed by atoms with Gasteiger partial charge in [0.05, 0.1) is 11.6 Å². The first-order chi connectivity index (χ1) is 9.24. The molecule has 100 valence electrons. The van der Waals surface area contributed by atoms with Crippen LogP contribution in [0.2, 0.25) is 5.02 Å². The first-order valence-electron chi connectivity index (χ1n) is 6.93. The van der Waals surface area contributed by atoms with Crippen molar-refractivity contribution in [2.75, 3.05) is 6.61 Å². The molecule has 1 heterocycles. The Labute approximate surface area is 118 Å². The average molecular weight is 276 g/mol. The van der Waals surface area contributed by atoms with Crippen LogP contribution in [-0.4, -0.2) is 11.6 Å². The van der Waals surface area contributed by atoms with Gasteiger partial charge in [-0.3, -0.25) is 0 Å². The lowest BCUT2D eigenvalue weighted by atomic mass is 10.1. The number of hydrogen-bond acceptors (Lipinski definition) is 2. The molecule has 0 saturated heterocycles. The maximum atomic E-state index is 6.27. The van der Waals surface area contributed by atoms with Crippen LogP contribution in [0.5, 0.6) is 5.75 Å². The van der Waals surface area contributed by atoms with Crippen LogP contribution in [0.15, 0.2) is 24.3 Å². The highest BCUT2D eigenvalue weighted by molar-refractivity contribution is 6.35. The van der Waals surface area contributed by atoms with E-state index in [-0.39, 0.29) is 0 Å².